The second kappa shape index (κ2) is 14.7. The first-order valence-electron chi connectivity index (χ1n) is 14.0. The van der Waals surface area contributed by atoms with E-state index in [0.717, 1.165) is 6.07 Å². The lowest BCUT2D eigenvalue weighted by atomic mass is 10.1. The van der Waals surface area contributed by atoms with E-state index in [1.54, 1.807) is 29.9 Å². The summed E-state index contributed by atoms with van der Waals surface area (Å²) in [6.45, 7) is 2.11. The number of aliphatic hydroxyl groups excluding tert-OH is 1. The predicted molar refractivity (Wildman–Crippen MR) is 165 cm³/mol. The molecular weight excluding hydrogens is 630 g/mol. The molecule has 1 atom stereocenters. The van der Waals surface area contributed by atoms with Gasteiger partial charge in [0.05, 0.1) is 54.4 Å². The van der Waals surface area contributed by atoms with Gasteiger partial charge in [0.1, 0.15) is 11.6 Å². The van der Waals surface area contributed by atoms with E-state index in [-0.39, 0.29) is 42.3 Å². The quantitative estimate of drug-likeness (QED) is 0.111. The summed E-state index contributed by atoms with van der Waals surface area (Å²) in [5.74, 6) is -0.392. The highest BCUT2D eigenvalue weighted by Crippen LogP contribution is 2.46. The molecule has 4 aromatic rings. The van der Waals surface area contributed by atoms with Gasteiger partial charge in [0, 0.05) is 44.2 Å². The summed E-state index contributed by atoms with van der Waals surface area (Å²) in [6.07, 6.45) is -0.705. The summed E-state index contributed by atoms with van der Waals surface area (Å²) in [5.41, 5.74) is 0.0469. The second-order valence-corrected chi connectivity index (χ2v) is 11.7. The van der Waals surface area contributed by atoms with Crippen molar-refractivity contribution in [3.8, 4) is 17.0 Å². The number of hydrogen-bond acceptors (Lipinski definition) is 10. The van der Waals surface area contributed by atoms with Crippen LogP contribution in [-0.4, -0.2) is 63.0 Å². The number of aromatic nitrogens is 4. The number of nitrogens with one attached hydrogen (secondary N) is 3. The van der Waals surface area contributed by atoms with Gasteiger partial charge in [-0.05, 0) is 43.2 Å². The first kappa shape index (κ1) is 34.4. The molecule has 3 heterocycles. The molecule has 0 saturated heterocycles. The van der Waals surface area contributed by atoms with E-state index < -0.39 is 30.9 Å². The Kier molecular flexibility index (Phi) is 11.0. The largest absolute Gasteiger partial charge is 0.495 e. The van der Waals surface area contributed by atoms with Crippen LogP contribution in [0.4, 0.5) is 36.1 Å². The van der Waals surface area contributed by atoms with Crippen LogP contribution < -0.4 is 20.7 Å². The number of carbonyl (C=O) groups excluding carboxylic acids is 1. The molecule has 0 spiro atoms. The van der Waals surface area contributed by atoms with Crippen molar-refractivity contribution in [2.45, 2.75) is 32.2 Å². The van der Waals surface area contributed by atoms with Crippen molar-refractivity contribution in [2.24, 2.45) is 0 Å². The van der Waals surface area contributed by atoms with Crippen LogP contribution in [-0.2, 0) is 28.0 Å². The summed E-state index contributed by atoms with van der Waals surface area (Å²) < 4.78 is 66.3. The molecule has 0 aliphatic carbocycles. The maximum Gasteiger partial charge on any atom is 0.419 e. The van der Waals surface area contributed by atoms with Crippen LogP contribution >= 0.6 is 7.60 Å². The van der Waals surface area contributed by atoms with Crippen molar-refractivity contribution in [3.63, 3.8) is 0 Å². The molecule has 0 fully saturated rings. The number of aliphatic hydroxyl groups is 1. The van der Waals surface area contributed by atoms with Gasteiger partial charge >= 0.3 is 13.8 Å². The average Bonchev–Trinajstić information content (AvgIpc) is 3.49. The molecule has 17 heteroatoms. The molecule has 0 aliphatic rings. The molecule has 1 amide bonds. The van der Waals surface area contributed by atoms with Crippen molar-refractivity contribution in [3.05, 3.63) is 71.8 Å². The minimum atomic E-state index is -4.80. The lowest BCUT2D eigenvalue weighted by molar-refractivity contribution is -0.137. The Bertz CT molecular complexity index is 1730. The van der Waals surface area contributed by atoms with E-state index in [9.17, 15) is 27.4 Å². The lowest BCUT2D eigenvalue weighted by Crippen LogP contribution is -2.21. The third-order valence-corrected chi connectivity index (χ3v) is 7.96. The molecule has 5 N–H and O–H groups in total. The number of halogens is 3. The number of amides is 1. The van der Waals surface area contributed by atoms with E-state index in [4.69, 9.17) is 14.4 Å². The molecule has 0 saturated carbocycles. The zero-order valence-corrected chi connectivity index (χ0v) is 26.0. The number of benzene rings is 1. The Labute approximate surface area is 262 Å². The van der Waals surface area contributed by atoms with Crippen molar-refractivity contribution < 1.29 is 41.8 Å². The second-order valence-electron chi connectivity index (χ2n) is 9.85. The molecular formula is C29H33F3N7O6P. The third-order valence-electron chi connectivity index (χ3n) is 6.53. The Hall–Kier alpha value is -4.50. The average molecular weight is 664 g/mol. The van der Waals surface area contributed by atoms with Gasteiger partial charge in [-0.25, -0.2) is 9.97 Å². The number of hydrogen-bond donors (Lipinski definition) is 5. The summed E-state index contributed by atoms with van der Waals surface area (Å²) in [5, 5.41) is 21.3. The van der Waals surface area contributed by atoms with E-state index in [1.165, 1.54) is 38.6 Å². The number of alkyl halides is 3. The van der Waals surface area contributed by atoms with Crippen LogP contribution in [0.15, 0.2) is 55.0 Å². The number of rotatable bonds is 14. The van der Waals surface area contributed by atoms with E-state index >= 15 is 0 Å². The number of anilines is 4. The number of carbonyl (C=O) groups is 1. The molecule has 46 heavy (non-hydrogen) atoms. The van der Waals surface area contributed by atoms with Gasteiger partial charge in [-0.3, -0.25) is 14.0 Å². The molecule has 246 valence electrons. The highest BCUT2D eigenvalue weighted by atomic mass is 31.2. The number of aryl methyl sites for hydroxylation is 1. The molecule has 1 aromatic carbocycles. The smallest absolute Gasteiger partial charge is 0.419 e. The first-order chi connectivity index (χ1) is 21.9. The van der Waals surface area contributed by atoms with Gasteiger partial charge in [-0.1, -0.05) is 6.07 Å². The van der Waals surface area contributed by atoms with Gasteiger partial charge in [-0.15, -0.1) is 0 Å². The van der Waals surface area contributed by atoms with Gasteiger partial charge in [0.25, 0.3) is 5.91 Å². The lowest BCUT2D eigenvalue weighted by Gasteiger charge is -2.18. The topological polar surface area (TPSA) is 173 Å². The summed E-state index contributed by atoms with van der Waals surface area (Å²) in [7, 11) is -1.13. The summed E-state index contributed by atoms with van der Waals surface area (Å²) in [6, 6.07) is 8.70. The molecule has 0 aliphatic heterocycles. The van der Waals surface area contributed by atoms with Gasteiger partial charge in [-0.2, -0.15) is 18.3 Å². The van der Waals surface area contributed by atoms with E-state index in [2.05, 4.69) is 31.0 Å². The highest BCUT2D eigenvalue weighted by molar-refractivity contribution is 7.51. The highest BCUT2D eigenvalue weighted by Gasteiger charge is 2.35. The Morgan fingerprint density at radius 2 is 1.85 bits per heavy atom. The van der Waals surface area contributed by atoms with Crippen LogP contribution in [0, 0.1) is 0 Å². The van der Waals surface area contributed by atoms with Gasteiger partial charge in [0.2, 0.25) is 0 Å². The SMILES string of the molecule is CCOP(=O)(O)Cc1ccc(Nc2cc(Nc3ccc(-c4cnn(CCCO)c4)nc3C(=O)NC)c(C(F)(F)F)cn2)c(OC)c1. The zero-order chi connectivity index (χ0) is 33.5. The Balaban J connectivity index is 1.67. The fourth-order valence-electron chi connectivity index (χ4n) is 4.41. The van der Waals surface area contributed by atoms with Crippen LogP contribution in [0.5, 0.6) is 5.75 Å². The van der Waals surface area contributed by atoms with Gasteiger partial charge < -0.3 is 35.2 Å². The number of pyridine rings is 2. The van der Waals surface area contributed by atoms with Crippen LogP contribution in [0.25, 0.3) is 11.3 Å². The van der Waals surface area contributed by atoms with Crippen LogP contribution in [0.3, 0.4) is 0 Å². The molecule has 13 nitrogen and oxygen atoms in total. The maximum absolute atomic E-state index is 14.1. The minimum absolute atomic E-state index is 0.00286. The van der Waals surface area contributed by atoms with E-state index in [0.29, 0.717) is 41.7 Å². The third kappa shape index (κ3) is 8.60. The van der Waals surface area contributed by atoms with Crippen LogP contribution in [0.1, 0.15) is 35.0 Å². The molecule has 3 aromatic heterocycles. The first-order valence-corrected chi connectivity index (χ1v) is 15.7. The van der Waals surface area contributed by atoms with Gasteiger partial charge in [0.15, 0.2) is 5.69 Å². The summed E-state index contributed by atoms with van der Waals surface area (Å²) >= 11 is 0. The van der Waals surface area contributed by atoms with Crippen molar-refractivity contribution in [1.29, 1.82) is 0 Å². The van der Waals surface area contributed by atoms with Crippen molar-refractivity contribution in [1.82, 2.24) is 25.1 Å². The number of ether oxygens (including phenoxy) is 1. The Morgan fingerprint density at radius 1 is 1.09 bits per heavy atom. The standard InChI is InChI=1S/C29H33F3N7O6P/c1-4-45-46(42,43)17-18-6-7-22(25(12-18)44-3)37-26-13-24(20(15-34-26)29(30,31)32)36-23-9-8-21(38-27(23)28(41)33-2)19-14-35-39(16-19)10-5-11-40/h6-9,12-16,40H,4-5,10-11,17H2,1-3H3,(H,33,41)(H,42,43)(H2,34,36,37). The minimum Gasteiger partial charge on any atom is -0.495 e. The number of methoxy groups -OCH3 is 1. The monoisotopic (exact) mass is 663 g/mol. The molecule has 0 radical (unpaired) electrons. The molecule has 1 unspecified atom stereocenters. The molecule has 4 rings (SSSR count). The van der Waals surface area contributed by atoms with Crippen LogP contribution in [0.2, 0.25) is 0 Å². The fraction of sp³-hybridized carbons (Fsp3) is 0.310. The number of nitrogens with zero attached hydrogens (tertiary/aromatic N) is 4. The fourth-order valence-corrected chi connectivity index (χ4v) is 5.57. The zero-order valence-electron chi connectivity index (χ0n) is 25.1. The molecule has 0 bridgehead atoms. The predicted octanol–water partition coefficient (Wildman–Crippen LogP) is 5.32. The van der Waals surface area contributed by atoms with Crippen molar-refractivity contribution in [2.75, 3.05) is 38.0 Å². The summed E-state index contributed by atoms with van der Waals surface area (Å²) in [4.78, 5) is 31.1. The Morgan fingerprint density at radius 3 is 2.52 bits per heavy atom. The maximum atomic E-state index is 14.1. The van der Waals surface area contributed by atoms with Crippen molar-refractivity contribution >= 4 is 36.4 Å². The van der Waals surface area contributed by atoms with E-state index in [1.807, 2.05) is 0 Å². The normalized spacial score (nSPS) is 12.8.